The molecule has 0 radical (unpaired) electrons. The van der Waals surface area contributed by atoms with Gasteiger partial charge in [-0.2, -0.15) is 13.2 Å². The van der Waals surface area contributed by atoms with Gasteiger partial charge >= 0.3 is 6.18 Å². The van der Waals surface area contributed by atoms with Crippen LogP contribution in [0.3, 0.4) is 0 Å². The first kappa shape index (κ1) is 18.7. The highest BCUT2D eigenvalue weighted by Gasteiger charge is 2.30. The van der Waals surface area contributed by atoms with Gasteiger partial charge in [0.15, 0.2) is 0 Å². The summed E-state index contributed by atoms with van der Waals surface area (Å²) in [7, 11) is 0. The van der Waals surface area contributed by atoms with Gasteiger partial charge in [0.05, 0.1) is 10.5 Å². The zero-order valence-electron chi connectivity index (χ0n) is 13.5. The predicted octanol–water partition coefficient (Wildman–Crippen LogP) is 4.52. The number of rotatable bonds is 3. The maximum absolute atomic E-state index is 12.6. The molecule has 0 saturated heterocycles. The van der Waals surface area contributed by atoms with E-state index in [1.165, 1.54) is 18.2 Å². The van der Waals surface area contributed by atoms with Crippen LogP contribution in [-0.2, 0) is 25.7 Å². The third kappa shape index (κ3) is 3.68. The number of nitrogens with zero attached hydrogens (tertiary/aromatic N) is 2. The van der Waals surface area contributed by atoms with Crippen LogP contribution in [0.2, 0.25) is 0 Å². The minimum absolute atomic E-state index is 0.144. The Bertz CT molecular complexity index is 854. The Morgan fingerprint density at radius 2 is 1.88 bits per heavy atom. The second-order valence-corrected chi connectivity index (χ2v) is 7.02. The highest BCUT2D eigenvalue weighted by molar-refractivity contribution is 9.10. The van der Waals surface area contributed by atoms with Crippen LogP contribution in [0.1, 0.15) is 22.3 Å². The van der Waals surface area contributed by atoms with E-state index in [1.807, 2.05) is 4.90 Å². The highest BCUT2D eigenvalue weighted by Crippen LogP contribution is 2.37. The van der Waals surface area contributed by atoms with E-state index in [0.29, 0.717) is 36.1 Å². The van der Waals surface area contributed by atoms with Crippen LogP contribution in [0.5, 0.6) is 0 Å². The summed E-state index contributed by atoms with van der Waals surface area (Å²) in [5, 5.41) is 11.1. The second kappa shape index (κ2) is 6.88. The van der Waals surface area contributed by atoms with Crippen molar-refractivity contribution >= 4 is 27.3 Å². The molecule has 2 aromatic rings. The number of fused-ring (bicyclic) bond motifs is 1. The summed E-state index contributed by atoms with van der Waals surface area (Å²) in [6.07, 6.45) is -3.71. The summed E-state index contributed by atoms with van der Waals surface area (Å²) in [6.45, 7) is 1.53. The third-order valence-corrected chi connectivity index (χ3v) is 5.17. The number of hydrogen-bond acceptors (Lipinski definition) is 4. The van der Waals surface area contributed by atoms with Crippen LogP contribution in [0.4, 0.5) is 24.5 Å². The molecule has 2 N–H and O–H groups in total. The number of halogens is 4. The van der Waals surface area contributed by atoms with Crippen LogP contribution in [0.25, 0.3) is 0 Å². The minimum Gasteiger partial charge on any atom is -0.393 e. The Balaban J connectivity index is 1.81. The average Bonchev–Trinajstić information content (AvgIpc) is 2.57. The van der Waals surface area contributed by atoms with E-state index >= 15 is 0 Å². The first-order valence-electron chi connectivity index (χ1n) is 7.79. The zero-order valence-corrected chi connectivity index (χ0v) is 15.1. The summed E-state index contributed by atoms with van der Waals surface area (Å²) in [6, 6.07) is 6.43. The lowest BCUT2D eigenvalue weighted by atomic mass is 9.96. The second-order valence-electron chi connectivity index (χ2n) is 6.16. The molecule has 0 saturated carbocycles. The number of anilines is 1. The molecule has 9 heteroatoms. The molecular weight excluding hydrogens is 415 g/mol. The first-order chi connectivity index (χ1) is 12.2. The van der Waals surface area contributed by atoms with Crippen molar-refractivity contribution in [3.05, 3.63) is 67.2 Å². The summed E-state index contributed by atoms with van der Waals surface area (Å²) in [5.41, 5.74) is 7.67. The molecule has 2 aromatic carbocycles. The van der Waals surface area contributed by atoms with E-state index in [1.54, 1.807) is 0 Å². The van der Waals surface area contributed by atoms with Gasteiger partial charge in [0.1, 0.15) is 5.69 Å². The molecule has 138 valence electrons. The number of nitro benzene ring substituents is 1. The molecule has 26 heavy (non-hydrogen) atoms. The Kier molecular flexibility index (Phi) is 4.94. The molecule has 1 aliphatic heterocycles. The summed E-state index contributed by atoms with van der Waals surface area (Å²) < 4.78 is 38.6. The average molecular weight is 430 g/mol. The molecule has 0 atom stereocenters. The number of nitro groups is 1. The number of alkyl halides is 3. The molecule has 0 aliphatic carbocycles. The Hall–Kier alpha value is -2.13. The van der Waals surface area contributed by atoms with Crippen LogP contribution >= 0.6 is 15.9 Å². The van der Waals surface area contributed by atoms with Crippen molar-refractivity contribution in [2.24, 2.45) is 0 Å². The fourth-order valence-electron chi connectivity index (χ4n) is 3.11. The van der Waals surface area contributed by atoms with Crippen molar-refractivity contribution in [2.45, 2.75) is 25.7 Å². The highest BCUT2D eigenvalue weighted by atomic mass is 79.9. The van der Waals surface area contributed by atoms with Crippen LogP contribution < -0.4 is 5.73 Å². The van der Waals surface area contributed by atoms with Gasteiger partial charge in [-0.1, -0.05) is 28.1 Å². The maximum Gasteiger partial charge on any atom is 0.416 e. The molecule has 0 bridgehead atoms. The van der Waals surface area contributed by atoms with E-state index in [0.717, 1.165) is 23.3 Å². The van der Waals surface area contributed by atoms with Crippen molar-refractivity contribution in [2.75, 3.05) is 12.3 Å². The molecule has 3 rings (SSSR count). The zero-order chi connectivity index (χ0) is 19.1. The van der Waals surface area contributed by atoms with Crippen LogP contribution in [0, 0.1) is 10.1 Å². The van der Waals surface area contributed by atoms with E-state index in [4.69, 9.17) is 5.73 Å². The third-order valence-electron chi connectivity index (χ3n) is 4.46. The van der Waals surface area contributed by atoms with Crippen molar-refractivity contribution in [1.29, 1.82) is 0 Å². The van der Waals surface area contributed by atoms with Crippen molar-refractivity contribution in [1.82, 2.24) is 4.90 Å². The molecule has 1 aliphatic rings. The van der Waals surface area contributed by atoms with Gasteiger partial charge in [-0.15, -0.1) is 0 Å². The molecule has 0 aromatic heterocycles. The van der Waals surface area contributed by atoms with E-state index < -0.39 is 16.7 Å². The lowest BCUT2D eigenvalue weighted by Gasteiger charge is -2.30. The quantitative estimate of drug-likeness (QED) is 0.442. The molecule has 1 heterocycles. The Morgan fingerprint density at radius 1 is 1.23 bits per heavy atom. The Labute approximate surface area is 155 Å². The lowest BCUT2D eigenvalue weighted by molar-refractivity contribution is -0.384. The minimum atomic E-state index is -4.36. The largest absolute Gasteiger partial charge is 0.416 e. The smallest absolute Gasteiger partial charge is 0.393 e. The maximum atomic E-state index is 12.6. The van der Waals surface area contributed by atoms with Crippen LogP contribution in [-0.4, -0.2) is 16.4 Å². The topological polar surface area (TPSA) is 72.4 Å². The number of benzene rings is 2. The normalized spacial score (nSPS) is 14.9. The summed E-state index contributed by atoms with van der Waals surface area (Å²) >= 11 is 3.36. The number of nitrogens with two attached hydrogens (primary N) is 1. The van der Waals surface area contributed by atoms with Gasteiger partial charge in [0.25, 0.3) is 5.69 Å². The predicted molar refractivity (Wildman–Crippen MR) is 94.5 cm³/mol. The number of nitrogen functional groups attached to an aromatic ring is 1. The molecular formula is C17H15BrF3N3O2. The van der Waals surface area contributed by atoms with Crippen molar-refractivity contribution in [3.8, 4) is 0 Å². The van der Waals surface area contributed by atoms with E-state index in [-0.39, 0.29) is 11.4 Å². The monoisotopic (exact) mass is 429 g/mol. The summed E-state index contributed by atoms with van der Waals surface area (Å²) in [5.74, 6) is 0. The fourth-order valence-corrected chi connectivity index (χ4v) is 3.77. The molecule has 0 unspecified atom stereocenters. The Morgan fingerprint density at radius 3 is 2.46 bits per heavy atom. The number of hydrogen-bond donors (Lipinski definition) is 1. The van der Waals surface area contributed by atoms with Gasteiger partial charge < -0.3 is 5.73 Å². The van der Waals surface area contributed by atoms with Crippen molar-refractivity contribution < 1.29 is 18.1 Å². The SMILES string of the molecule is Nc1c([N+](=O)[O-])cc(Br)c2c1CN(Cc1ccc(C(F)(F)F)cc1)CC2. The molecule has 0 amide bonds. The first-order valence-corrected chi connectivity index (χ1v) is 8.58. The summed E-state index contributed by atoms with van der Waals surface area (Å²) in [4.78, 5) is 12.6. The molecule has 0 spiro atoms. The molecule has 5 nitrogen and oxygen atoms in total. The van der Waals surface area contributed by atoms with Crippen LogP contribution in [0.15, 0.2) is 34.8 Å². The standard InChI is InChI=1S/C17H15BrF3N3O2/c18-14-7-15(24(25)26)16(22)13-9-23(6-5-12(13)14)8-10-1-3-11(4-2-10)17(19,20)21/h1-4,7H,5-6,8-9,22H2. The van der Waals surface area contributed by atoms with Crippen molar-refractivity contribution in [3.63, 3.8) is 0 Å². The van der Waals surface area contributed by atoms with Gasteiger partial charge in [0, 0.05) is 35.7 Å². The lowest BCUT2D eigenvalue weighted by Crippen LogP contribution is -2.31. The van der Waals surface area contributed by atoms with Gasteiger partial charge in [-0.3, -0.25) is 15.0 Å². The van der Waals surface area contributed by atoms with Gasteiger partial charge in [-0.05, 0) is 29.7 Å². The van der Waals surface area contributed by atoms with Gasteiger partial charge in [-0.25, -0.2) is 0 Å². The fraction of sp³-hybridized carbons (Fsp3) is 0.294. The van der Waals surface area contributed by atoms with E-state index in [9.17, 15) is 23.3 Å². The van der Waals surface area contributed by atoms with Gasteiger partial charge in [0.2, 0.25) is 0 Å². The van der Waals surface area contributed by atoms with E-state index in [2.05, 4.69) is 15.9 Å². The molecule has 0 fully saturated rings.